The molecule has 2 aromatic carbocycles. The summed E-state index contributed by atoms with van der Waals surface area (Å²) in [7, 11) is 0. The summed E-state index contributed by atoms with van der Waals surface area (Å²) >= 11 is 6.88. The Hall–Kier alpha value is -2.06. The fourth-order valence-electron chi connectivity index (χ4n) is 2.46. The van der Waals surface area contributed by atoms with E-state index in [0.29, 0.717) is 17.2 Å². The minimum atomic E-state index is -0.356. The number of rotatable bonds is 5. The highest BCUT2D eigenvalue weighted by molar-refractivity contribution is 9.10. The molecule has 8 heteroatoms. The summed E-state index contributed by atoms with van der Waals surface area (Å²) in [6, 6.07) is 7.51. The molecular formula is C18H16Br2N2O4. The Balaban J connectivity index is 1.57. The lowest BCUT2D eigenvalue weighted by atomic mass is 10.1. The number of hydrogen-bond donors (Lipinski definition) is 1. The maximum atomic E-state index is 11.9. The first-order valence-corrected chi connectivity index (χ1v) is 9.33. The highest BCUT2D eigenvalue weighted by Gasteiger charge is 2.15. The van der Waals surface area contributed by atoms with Crippen molar-refractivity contribution in [1.82, 2.24) is 5.43 Å². The fraction of sp³-hybridized carbons (Fsp3) is 0.222. The Morgan fingerprint density at radius 1 is 1.19 bits per heavy atom. The SMILES string of the molecule is Cc1cc(C)c(OCC(=O)NN=Cc2cc3c(cc2Br)OCO3)c(Br)c1. The van der Waals surface area contributed by atoms with Gasteiger partial charge in [-0.15, -0.1) is 0 Å². The van der Waals surface area contributed by atoms with Crippen LogP contribution in [0.5, 0.6) is 17.2 Å². The largest absolute Gasteiger partial charge is 0.482 e. The molecule has 0 aromatic heterocycles. The number of amides is 1. The normalized spacial score (nSPS) is 12.5. The van der Waals surface area contributed by atoms with E-state index in [9.17, 15) is 4.79 Å². The van der Waals surface area contributed by atoms with Gasteiger partial charge in [0.05, 0.1) is 10.7 Å². The van der Waals surface area contributed by atoms with Crippen LogP contribution in [0, 0.1) is 13.8 Å². The molecule has 0 saturated heterocycles. The van der Waals surface area contributed by atoms with E-state index in [1.165, 1.54) is 6.21 Å². The van der Waals surface area contributed by atoms with Crippen molar-refractivity contribution in [3.63, 3.8) is 0 Å². The molecule has 1 amide bonds. The Morgan fingerprint density at radius 2 is 1.92 bits per heavy atom. The molecule has 1 N–H and O–H groups in total. The molecule has 6 nitrogen and oxygen atoms in total. The lowest BCUT2D eigenvalue weighted by Crippen LogP contribution is -2.24. The van der Waals surface area contributed by atoms with Crippen LogP contribution in [0.25, 0.3) is 0 Å². The van der Waals surface area contributed by atoms with Crippen molar-refractivity contribution < 1.29 is 19.0 Å². The lowest BCUT2D eigenvalue weighted by Gasteiger charge is -2.11. The fourth-order valence-corrected chi connectivity index (χ4v) is 3.67. The van der Waals surface area contributed by atoms with Gasteiger partial charge in [-0.2, -0.15) is 5.10 Å². The summed E-state index contributed by atoms with van der Waals surface area (Å²) < 4.78 is 17.8. The minimum absolute atomic E-state index is 0.137. The molecule has 0 bridgehead atoms. The van der Waals surface area contributed by atoms with E-state index in [0.717, 1.165) is 25.6 Å². The summed E-state index contributed by atoms with van der Waals surface area (Å²) in [5.74, 6) is 1.60. The van der Waals surface area contributed by atoms with E-state index in [1.54, 1.807) is 12.1 Å². The molecule has 2 aromatic rings. The van der Waals surface area contributed by atoms with E-state index in [-0.39, 0.29) is 19.3 Å². The number of fused-ring (bicyclic) bond motifs is 1. The third kappa shape index (κ3) is 4.37. The van der Waals surface area contributed by atoms with Crippen molar-refractivity contribution in [1.29, 1.82) is 0 Å². The molecule has 0 radical (unpaired) electrons. The molecular weight excluding hydrogens is 468 g/mol. The number of nitrogens with zero attached hydrogens (tertiary/aromatic N) is 1. The highest BCUT2D eigenvalue weighted by atomic mass is 79.9. The van der Waals surface area contributed by atoms with Gasteiger partial charge in [0.1, 0.15) is 5.75 Å². The van der Waals surface area contributed by atoms with E-state index >= 15 is 0 Å². The third-order valence-electron chi connectivity index (χ3n) is 3.61. The van der Waals surface area contributed by atoms with Crippen molar-refractivity contribution in [3.05, 3.63) is 49.9 Å². The second-order valence-electron chi connectivity index (χ2n) is 5.70. The molecule has 1 aliphatic heterocycles. The highest BCUT2D eigenvalue weighted by Crippen LogP contribution is 2.36. The van der Waals surface area contributed by atoms with E-state index in [1.807, 2.05) is 26.0 Å². The Morgan fingerprint density at radius 3 is 2.65 bits per heavy atom. The number of nitrogens with one attached hydrogen (secondary N) is 1. The van der Waals surface area contributed by atoms with Crippen molar-refractivity contribution in [2.24, 2.45) is 5.10 Å². The Bertz CT molecular complexity index is 861. The second kappa shape index (κ2) is 8.09. The summed E-state index contributed by atoms with van der Waals surface area (Å²) in [5.41, 5.74) is 5.27. The second-order valence-corrected chi connectivity index (χ2v) is 7.41. The van der Waals surface area contributed by atoms with Crippen LogP contribution in [-0.4, -0.2) is 25.5 Å². The lowest BCUT2D eigenvalue weighted by molar-refractivity contribution is -0.123. The van der Waals surface area contributed by atoms with Crippen LogP contribution in [0.2, 0.25) is 0 Å². The van der Waals surface area contributed by atoms with Gasteiger partial charge in [-0.05, 0) is 75.0 Å². The first kappa shape index (κ1) is 18.7. The van der Waals surface area contributed by atoms with E-state index < -0.39 is 0 Å². The van der Waals surface area contributed by atoms with E-state index in [4.69, 9.17) is 14.2 Å². The molecule has 0 atom stereocenters. The maximum absolute atomic E-state index is 11.9. The zero-order valence-electron chi connectivity index (χ0n) is 14.1. The molecule has 3 rings (SSSR count). The van der Waals surface area contributed by atoms with Crippen molar-refractivity contribution >= 4 is 44.0 Å². The third-order valence-corrected chi connectivity index (χ3v) is 4.88. The number of carbonyl (C=O) groups excluding carboxylic acids is 1. The predicted molar refractivity (Wildman–Crippen MR) is 105 cm³/mol. The van der Waals surface area contributed by atoms with Crippen LogP contribution in [0.4, 0.5) is 0 Å². The minimum Gasteiger partial charge on any atom is -0.482 e. The summed E-state index contributed by atoms with van der Waals surface area (Å²) in [4.78, 5) is 11.9. The number of hydrogen-bond acceptors (Lipinski definition) is 5. The first-order valence-electron chi connectivity index (χ1n) is 7.74. The van der Waals surface area contributed by atoms with Gasteiger partial charge in [-0.25, -0.2) is 5.43 Å². The zero-order chi connectivity index (χ0) is 18.7. The van der Waals surface area contributed by atoms with Gasteiger partial charge in [0.15, 0.2) is 18.1 Å². The Labute approximate surface area is 167 Å². The van der Waals surface area contributed by atoms with Crippen molar-refractivity contribution in [2.45, 2.75) is 13.8 Å². The van der Waals surface area contributed by atoms with Crippen LogP contribution in [0.3, 0.4) is 0 Å². The summed E-state index contributed by atoms with van der Waals surface area (Å²) in [6.07, 6.45) is 1.52. The maximum Gasteiger partial charge on any atom is 0.277 e. The quantitative estimate of drug-likeness (QED) is 0.513. The Kier molecular flexibility index (Phi) is 5.83. The first-order chi connectivity index (χ1) is 12.4. The standard InChI is InChI=1S/C18H16Br2N2O4/c1-10-3-11(2)18(14(20)4-10)24-8-17(23)22-21-7-12-5-15-16(6-13(12)19)26-9-25-15/h3-7H,8-9H2,1-2H3,(H,22,23). The number of aryl methyl sites for hydroxylation is 2. The van der Waals surface area contributed by atoms with Crippen LogP contribution in [-0.2, 0) is 4.79 Å². The van der Waals surface area contributed by atoms with Gasteiger partial charge >= 0.3 is 0 Å². The van der Waals surface area contributed by atoms with Gasteiger partial charge in [-0.3, -0.25) is 4.79 Å². The number of carbonyl (C=O) groups is 1. The number of hydrazone groups is 1. The molecule has 136 valence electrons. The number of ether oxygens (including phenoxy) is 3. The van der Waals surface area contributed by atoms with Gasteiger partial charge in [-0.1, -0.05) is 6.07 Å². The van der Waals surface area contributed by atoms with Crippen LogP contribution in [0.15, 0.2) is 38.3 Å². The molecule has 0 fully saturated rings. The van der Waals surface area contributed by atoms with Gasteiger partial charge < -0.3 is 14.2 Å². The smallest absolute Gasteiger partial charge is 0.277 e. The van der Waals surface area contributed by atoms with Crippen LogP contribution >= 0.6 is 31.9 Å². The summed E-state index contributed by atoms with van der Waals surface area (Å²) in [5, 5.41) is 3.96. The molecule has 26 heavy (non-hydrogen) atoms. The molecule has 0 spiro atoms. The average molecular weight is 484 g/mol. The van der Waals surface area contributed by atoms with Crippen LogP contribution < -0.4 is 19.6 Å². The van der Waals surface area contributed by atoms with Gasteiger partial charge in [0.2, 0.25) is 6.79 Å². The van der Waals surface area contributed by atoms with Gasteiger partial charge in [0.25, 0.3) is 5.91 Å². The average Bonchev–Trinajstić information content (AvgIpc) is 3.01. The van der Waals surface area contributed by atoms with Crippen LogP contribution in [0.1, 0.15) is 16.7 Å². The number of halogens is 2. The zero-order valence-corrected chi connectivity index (χ0v) is 17.3. The predicted octanol–water partition coefficient (Wildman–Crippen LogP) is 4.09. The number of benzene rings is 2. The topological polar surface area (TPSA) is 69.2 Å². The molecule has 0 aliphatic carbocycles. The van der Waals surface area contributed by atoms with Crippen molar-refractivity contribution in [3.8, 4) is 17.2 Å². The molecule has 0 saturated carbocycles. The van der Waals surface area contributed by atoms with Crippen molar-refractivity contribution in [2.75, 3.05) is 13.4 Å². The summed E-state index contributed by atoms with van der Waals surface area (Å²) in [6.45, 7) is 3.99. The van der Waals surface area contributed by atoms with Gasteiger partial charge in [0, 0.05) is 10.0 Å². The molecule has 1 aliphatic rings. The monoisotopic (exact) mass is 482 g/mol. The van der Waals surface area contributed by atoms with E-state index in [2.05, 4.69) is 42.4 Å². The molecule has 1 heterocycles. The molecule has 0 unspecified atom stereocenters.